The largest absolute Gasteiger partial charge is 0.493 e. The van der Waals surface area contributed by atoms with Crippen LogP contribution >= 0.6 is 0 Å². The van der Waals surface area contributed by atoms with Gasteiger partial charge in [0.05, 0.1) is 12.3 Å². The summed E-state index contributed by atoms with van der Waals surface area (Å²) in [7, 11) is 4.09. The van der Waals surface area contributed by atoms with Gasteiger partial charge in [-0.1, -0.05) is 6.07 Å². The number of aromatic nitrogens is 3. The molecule has 0 unspecified atom stereocenters. The zero-order chi connectivity index (χ0) is 22.5. The zero-order valence-electron chi connectivity index (χ0n) is 18.4. The SMILES string of the molecule is Cc1cc2c(F)c(Nc3ccnc(Nc4cccc(OCCCN(C)C)c4)n3)ccc2[nH]1. The molecule has 8 heteroatoms. The van der Waals surface area contributed by atoms with Gasteiger partial charge in [0.25, 0.3) is 0 Å². The molecular weight excluding hydrogens is 407 g/mol. The van der Waals surface area contributed by atoms with Gasteiger partial charge in [-0.05, 0) is 63.8 Å². The summed E-state index contributed by atoms with van der Waals surface area (Å²) in [6, 6.07) is 14.7. The quantitative estimate of drug-likeness (QED) is 0.313. The van der Waals surface area contributed by atoms with Crippen LogP contribution < -0.4 is 15.4 Å². The summed E-state index contributed by atoms with van der Waals surface area (Å²) in [6.07, 6.45) is 2.57. The van der Waals surface area contributed by atoms with Crippen LogP contribution in [0.1, 0.15) is 12.1 Å². The number of H-pyrrole nitrogens is 1. The highest BCUT2D eigenvalue weighted by atomic mass is 19.1. The molecule has 0 saturated carbocycles. The van der Waals surface area contributed by atoms with Gasteiger partial charge in [-0.15, -0.1) is 0 Å². The Labute approximate surface area is 186 Å². The molecule has 0 aliphatic carbocycles. The van der Waals surface area contributed by atoms with Crippen molar-refractivity contribution in [2.45, 2.75) is 13.3 Å². The van der Waals surface area contributed by atoms with Crippen molar-refractivity contribution in [3.8, 4) is 5.75 Å². The van der Waals surface area contributed by atoms with Crippen LogP contribution in [0.5, 0.6) is 5.75 Å². The summed E-state index contributed by atoms with van der Waals surface area (Å²) >= 11 is 0. The molecule has 0 radical (unpaired) electrons. The number of benzene rings is 2. The topological polar surface area (TPSA) is 78.1 Å². The molecule has 0 aliphatic rings. The Morgan fingerprint density at radius 2 is 1.97 bits per heavy atom. The maximum Gasteiger partial charge on any atom is 0.229 e. The van der Waals surface area contributed by atoms with Gasteiger partial charge in [0.2, 0.25) is 5.95 Å². The molecular formula is C24H27FN6O. The number of nitrogens with zero attached hydrogens (tertiary/aromatic N) is 3. The fourth-order valence-electron chi connectivity index (χ4n) is 3.39. The lowest BCUT2D eigenvalue weighted by Gasteiger charge is -2.12. The van der Waals surface area contributed by atoms with Crippen molar-refractivity contribution in [2.75, 3.05) is 37.9 Å². The summed E-state index contributed by atoms with van der Waals surface area (Å²) in [4.78, 5) is 14.0. The second-order valence-corrected chi connectivity index (χ2v) is 7.89. The Kier molecular flexibility index (Phi) is 6.51. The molecule has 0 atom stereocenters. The molecule has 4 aromatic rings. The van der Waals surface area contributed by atoms with E-state index in [0.29, 0.717) is 29.4 Å². The molecule has 0 amide bonds. The van der Waals surface area contributed by atoms with Crippen molar-refractivity contribution >= 4 is 34.0 Å². The molecule has 0 aliphatic heterocycles. The van der Waals surface area contributed by atoms with Crippen LogP contribution in [-0.2, 0) is 0 Å². The third kappa shape index (κ3) is 5.33. The molecule has 2 aromatic carbocycles. The van der Waals surface area contributed by atoms with Gasteiger partial charge in [-0.2, -0.15) is 4.98 Å². The van der Waals surface area contributed by atoms with Gasteiger partial charge < -0.3 is 25.3 Å². The van der Waals surface area contributed by atoms with Crippen molar-refractivity contribution in [2.24, 2.45) is 0 Å². The number of fused-ring (bicyclic) bond motifs is 1. The number of hydrogen-bond donors (Lipinski definition) is 3. The molecule has 0 bridgehead atoms. The monoisotopic (exact) mass is 434 g/mol. The number of aryl methyl sites for hydroxylation is 1. The van der Waals surface area contributed by atoms with Gasteiger partial charge in [-0.25, -0.2) is 9.37 Å². The highest BCUT2D eigenvalue weighted by Crippen LogP contribution is 2.27. The van der Waals surface area contributed by atoms with Crippen molar-refractivity contribution < 1.29 is 9.13 Å². The molecule has 0 fully saturated rings. The number of hydrogen-bond acceptors (Lipinski definition) is 6. The van der Waals surface area contributed by atoms with Crippen LogP contribution in [0.3, 0.4) is 0 Å². The Morgan fingerprint density at radius 1 is 1.09 bits per heavy atom. The van der Waals surface area contributed by atoms with Crippen LogP contribution in [0.2, 0.25) is 0 Å². The summed E-state index contributed by atoms with van der Waals surface area (Å²) in [6.45, 7) is 3.52. The van der Waals surface area contributed by atoms with Crippen molar-refractivity contribution in [1.29, 1.82) is 0 Å². The predicted molar refractivity (Wildman–Crippen MR) is 127 cm³/mol. The first-order chi connectivity index (χ1) is 15.5. The minimum atomic E-state index is -0.320. The van der Waals surface area contributed by atoms with E-state index >= 15 is 0 Å². The summed E-state index contributed by atoms with van der Waals surface area (Å²) in [5, 5.41) is 6.77. The fourth-order valence-corrected chi connectivity index (χ4v) is 3.39. The highest BCUT2D eigenvalue weighted by molar-refractivity contribution is 5.85. The van der Waals surface area contributed by atoms with E-state index in [9.17, 15) is 4.39 Å². The van der Waals surface area contributed by atoms with E-state index in [0.717, 1.165) is 35.6 Å². The van der Waals surface area contributed by atoms with E-state index in [1.807, 2.05) is 51.4 Å². The molecule has 7 nitrogen and oxygen atoms in total. The fraction of sp³-hybridized carbons (Fsp3) is 0.250. The molecule has 166 valence electrons. The minimum Gasteiger partial charge on any atom is -0.493 e. The zero-order valence-corrected chi connectivity index (χ0v) is 18.4. The first-order valence-corrected chi connectivity index (χ1v) is 10.5. The van der Waals surface area contributed by atoms with E-state index in [2.05, 4.69) is 30.5 Å². The maximum absolute atomic E-state index is 14.9. The van der Waals surface area contributed by atoms with Gasteiger partial charge in [0.15, 0.2) is 5.82 Å². The van der Waals surface area contributed by atoms with Crippen LogP contribution in [0.15, 0.2) is 54.7 Å². The number of aromatic amines is 1. The smallest absolute Gasteiger partial charge is 0.229 e. The average molecular weight is 435 g/mol. The maximum atomic E-state index is 14.9. The normalized spacial score (nSPS) is 11.2. The number of halogens is 1. The molecule has 3 N–H and O–H groups in total. The number of anilines is 4. The Bertz CT molecular complexity index is 1210. The lowest BCUT2D eigenvalue weighted by atomic mass is 10.2. The summed E-state index contributed by atoms with van der Waals surface area (Å²) in [5.74, 6) is 1.35. The van der Waals surface area contributed by atoms with Crippen molar-refractivity contribution in [3.05, 3.63) is 66.2 Å². The number of rotatable bonds is 9. The third-order valence-corrected chi connectivity index (χ3v) is 4.90. The first-order valence-electron chi connectivity index (χ1n) is 10.5. The molecule has 2 aromatic heterocycles. The molecule has 2 heterocycles. The van der Waals surface area contributed by atoms with Crippen LogP contribution in [0.25, 0.3) is 10.9 Å². The average Bonchev–Trinajstić information content (AvgIpc) is 3.15. The molecule has 32 heavy (non-hydrogen) atoms. The van der Waals surface area contributed by atoms with Crippen molar-refractivity contribution in [3.63, 3.8) is 0 Å². The van der Waals surface area contributed by atoms with Crippen LogP contribution in [0.4, 0.5) is 27.5 Å². The number of ether oxygens (including phenoxy) is 1. The molecule has 0 saturated heterocycles. The van der Waals surface area contributed by atoms with Gasteiger partial charge in [-0.3, -0.25) is 0 Å². The summed E-state index contributed by atoms with van der Waals surface area (Å²) in [5.41, 5.74) is 2.84. The second-order valence-electron chi connectivity index (χ2n) is 7.89. The van der Waals surface area contributed by atoms with E-state index in [4.69, 9.17) is 4.74 Å². The van der Waals surface area contributed by atoms with Crippen LogP contribution in [0, 0.1) is 12.7 Å². The van der Waals surface area contributed by atoms with E-state index in [1.54, 1.807) is 24.4 Å². The standard InChI is InChI=1S/C24H27FN6O/c1-16-14-19-20(27-16)8-9-21(23(19)25)29-22-10-11-26-24(30-22)28-17-6-4-7-18(15-17)32-13-5-12-31(2)3/h4,6-11,14-15,27H,5,12-13H2,1-3H3,(H2,26,28,29,30). The Hall–Kier alpha value is -3.65. The predicted octanol–water partition coefficient (Wildman–Crippen LogP) is 5.22. The summed E-state index contributed by atoms with van der Waals surface area (Å²) < 4.78 is 20.7. The van der Waals surface area contributed by atoms with Gasteiger partial charge in [0.1, 0.15) is 11.6 Å². The van der Waals surface area contributed by atoms with Crippen molar-refractivity contribution in [1.82, 2.24) is 19.9 Å². The van der Waals surface area contributed by atoms with Crippen LogP contribution in [-0.4, -0.2) is 47.1 Å². The number of nitrogens with one attached hydrogen (secondary N) is 3. The molecule has 4 rings (SSSR count). The van der Waals surface area contributed by atoms with Gasteiger partial charge in [0, 0.05) is 41.1 Å². The Balaban J connectivity index is 1.43. The van der Waals surface area contributed by atoms with E-state index < -0.39 is 0 Å². The highest BCUT2D eigenvalue weighted by Gasteiger charge is 2.11. The third-order valence-electron chi connectivity index (χ3n) is 4.90. The lowest BCUT2D eigenvalue weighted by molar-refractivity contribution is 0.281. The second kappa shape index (κ2) is 9.65. The first kappa shape index (κ1) is 21.6. The van der Waals surface area contributed by atoms with E-state index in [1.165, 1.54) is 0 Å². The van der Waals surface area contributed by atoms with E-state index in [-0.39, 0.29) is 5.82 Å². The Morgan fingerprint density at radius 3 is 2.81 bits per heavy atom. The minimum absolute atomic E-state index is 0.320. The lowest BCUT2D eigenvalue weighted by Crippen LogP contribution is -2.15. The van der Waals surface area contributed by atoms with Gasteiger partial charge >= 0.3 is 0 Å². The molecule has 0 spiro atoms.